The molecule has 29 heavy (non-hydrogen) atoms. The number of nitrogens with one attached hydrogen (secondary N) is 2. The minimum atomic E-state index is -0.141. The smallest absolute Gasteiger partial charge is 0.228 e. The van der Waals surface area contributed by atoms with Gasteiger partial charge in [0.05, 0.1) is 18.1 Å². The molecule has 0 fully saturated rings. The summed E-state index contributed by atoms with van der Waals surface area (Å²) in [5, 5.41) is 11.4. The second-order valence-corrected chi connectivity index (χ2v) is 7.71. The third-order valence-electron chi connectivity index (χ3n) is 5.49. The Hall–Kier alpha value is -3.12. The molecule has 0 bridgehead atoms. The van der Waals surface area contributed by atoms with Gasteiger partial charge >= 0.3 is 0 Å². The predicted molar refractivity (Wildman–Crippen MR) is 114 cm³/mol. The van der Waals surface area contributed by atoms with Crippen LogP contribution in [0.5, 0.6) is 0 Å². The number of halogens is 1. The van der Waals surface area contributed by atoms with Crippen LogP contribution in [0.4, 0.5) is 5.69 Å². The fraction of sp³-hybridized carbons (Fsp3) is 0.227. The van der Waals surface area contributed by atoms with E-state index in [0.29, 0.717) is 17.1 Å². The number of H-pyrrole nitrogens is 1. The van der Waals surface area contributed by atoms with Gasteiger partial charge in [-0.1, -0.05) is 23.7 Å². The van der Waals surface area contributed by atoms with E-state index in [1.807, 2.05) is 49.4 Å². The van der Waals surface area contributed by atoms with Crippen LogP contribution in [0.25, 0.3) is 10.9 Å². The lowest BCUT2D eigenvalue weighted by Gasteiger charge is -2.33. The molecule has 2 heterocycles. The van der Waals surface area contributed by atoms with Crippen LogP contribution in [0.2, 0.25) is 5.02 Å². The third-order valence-corrected chi connectivity index (χ3v) is 5.74. The molecule has 2 N–H and O–H groups in total. The highest BCUT2D eigenvalue weighted by molar-refractivity contribution is 6.30. The highest BCUT2D eigenvalue weighted by Gasteiger charge is 2.31. The van der Waals surface area contributed by atoms with Crippen molar-refractivity contribution >= 4 is 40.0 Å². The summed E-state index contributed by atoms with van der Waals surface area (Å²) in [4.78, 5) is 26.9. The van der Waals surface area contributed by atoms with E-state index in [-0.39, 0.29) is 24.2 Å². The maximum atomic E-state index is 12.8. The molecule has 1 atom stereocenters. The van der Waals surface area contributed by atoms with Gasteiger partial charge in [0.2, 0.25) is 11.8 Å². The molecule has 0 radical (unpaired) electrons. The minimum absolute atomic E-state index is 0.0389. The number of allylic oxidation sites excluding steroid dienone is 1. The lowest BCUT2D eigenvalue weighted by atomic mass is 9.82. The Morgan fingerprint density at radius 2 is 2.03 bits per heavy atom. The van der Waals surface area contributed by atoms with Crippen molar-refractivity contribution in [2.24, 2.45) is 0 Å². The molecule has 3 aromatic rings. The summed E-state index contributed by atoms with van der Waals surface area (Å²) < 4.78 is 0. The van der Waals surface area contributed by atoms with Gasteiger partial charge in [0.1, 0.15) is 0 Å². The Bertz CT molecular complexity index is 1120. The summed E-state index contributed by atoms with van der Waals surface area (Å²) in [7, 11) is 1.75. The minimum Gasteiger partial charge on any atom is -0.326 e. The normalized spacial score (nSPS) is 17.1. The van der Waals surface area contributed by atoms with Gasteiger partial charge in [0, 0.05) is 41.2 Å². The largest absolute Gasteiger partial charge is 0.326 e. The second kappa shape index (κ2) is 7.72. The second-order valence-electron chi connectivity index (χ2n) is 7.27. The Morgan fingerprint density at radius 1 is 1.28 bits per heavy atom. The first kappa shape index (κ1) is 19.2. The number of carbonyl (C=O) groups excluding carboxylic acids is 2. The predicted octanol–water partition coefficient (Wildman–Crippen LogP) is 4.46. The number of aromatic nitrogens is 2. The summed E-state index contributed by atoms with van der Waals surface area (Å²) >= 11 is 6.02. The molecule has 2 aromatic carbocycles. The number of fused-ring (bicyclic) bond motifs is 1. The van der Waals surface area contributed by atoms with Crippen LogP contribution in [0.15, 0.2) is 59.9 Å². The lowest BCUT2D eigenvalue weighted by molar-refractivity contribution is -0.129. The van der Waals surface area contributed by atoms with Crippen molar-refractivity contribution in [2.75, 3.05) is 12.4 Å². The number of carbonyl (C=O) groups is 2. The molecule has 1 unspecified atom stereocenters. The van der Waals surface area contributed by atoms with Gasteiger partial charge in [-0.25, -0.2) is 0 Å². The molecular weight excluding hydrogens is 388 g/mol. The van der Waals surface area contributed by atoms with E-state index in [1.54, 1.807) is 18.1 Å². The summed E-state index contributed by atoms with van der Waals surface area (Å²) in [6.45, 7) is 1.89. The molecule has 1 aliphatic rings. The van der Waals surface area contributed by atoms with Crippen LogP contribution in [0, 0.1) is 0 Å². The monoisotopic (exact) mass is 408 g/mol. The molecular formula is C22H21ClN4O2. The first-order chi connectivity index (χ1) is 13.9. The maximum absolute atomic E-state index is 12.8. The highest BCUT2D eigenvalue weighted by atomic mass is 35.5. The molecule has 0 aliphatic carbocycles. The Labute approximate surface area is 173 Å². The first-order valence-corrected chi connectivity index (χ1v) is 9.75. The van der Waals surface area contributed by atoms with Gasteiger partial charge in [-0.05, 0) is 48.4 Å². The summed E-state index contributed by atoms with van der Waals surface area (Å²) in [6, 6.07) is 13.1. The first-order valence-electron chi connectivity index (χ1n) is 9.37. The van der Waals surface area contributed by atoms with E-state index < -0.39 is 0 Å². The van der Waals surface area contributed by atoms with Gasteiger partial charge < -0.3 is 10.2 Å². The number of nitrogens with zero attached hydrogens (tertiary/aromatic N) is 2. The van der Waals surface area contributed by atoms with E-state index >= 15 is 0 Å². The van der Waals surface area contributed by atoms with E-state index in [9.17, 15) is 9.59 Å². The number of hydrogen-bond donors (Lipinski definition) is 2. The van der Waals surface area contributed by atoms with Crippen molar-refractivity contribution in [2.45, 2.75) is 25.7 Å². The van der Waals surface area contributed by atoms with Crippen molar-refractivity contribution in [3.63, 3.8) is 0 Å². The number of amides is 2. The quantitative estimate of drug-likeness (QED) is 0.668. The van der Waals surface area contributed by atoms with E-state index in [2.05, 4.69) is 15.5 Å². The Morgan fingerprint density at radius 3 is 2.79 bits per heavy atom. The topological polar surface area (TPSA) is 78.1 Å². The van der Waals surface area contributed by atoms with Crippen molar-refractivity contribution in [1.82, 2.24) is 15.1 Å². The number of anilines is 1. The van der Waals surface area contributed by atoms with Gasteiger partial charge in [0.15, 0.2) is 0 Å². The van der Waals surface area contributed by atoms with Gasteiger partial charge in [-0.2, -0.15) is 5.10 Å². The Balaban J connectivity index is 1.59. The molecule has 0 saturated carbocycles. The van der Waals surface area contributed by atoms with E-state index in [0.717, 1.165) is 27.7 Å². The number of rotatable bonds is 4. The fourth-order valence-corrected chi connectivity index (χ4v) is 3.88. The van der Waals surface area contributed by atoms with Gasteiger partial charge in [-0.15, -0.1) is 0 Å². The Kier molecular flexibility index (Phi) is 5.11. The van der Waals surface area contributed by atoms with Crippen molar-refractivity contribution in [1.29, 1.82) is 0 Å². The number of aromatic amines is 1. The molecule has 6 nitrogen and oxygen atoms in total. The van der Waals surface area contributed by atoms with Crippen LogP contribution in [-0.4, -0.2) is 34.0 Å². The zero-order valence-electron chi connectivity index (χ0n) is 16.2. The number of benzene rings is 2. The molecule has 0 saturated heterocycles. The van der Waals surface area contributed by atoms with Crippen LogP contribution < -0.4 is 5.32 Å². The molecule has 7 heteroatoms. The van der Waals surface area contributed by atoms with Crippen molar-refractivity contribution in [3.8, 4) is 0 Å². The average Bonchev–Trinajstić information content (AvgIpc) is 3.17. The van der Waals surface area contributed by atoms with Crippen molar-refractivity contribution in [3.05, 3.63) is 70.5 Å². The van der Waals surface area contributed by atoms with E-state index in [4.69, 9.17) is 11.6 Å². The average molecular weight is 409 g/mol. The number of hydrogen-bond acceptors (Lipinski definition) is 3. The molecule has 148 valence electrons. The highest BCUT2D eigenvalue weighted by Crippen LogP contribution is 2.38. The molecule has 2 amide bonds. The summed E-state index contributed by atoms with van der Waals surface area (Å²) in [5.74, 6) is -0.223. The SMILES string of the molecule is CC1=C(CC(=O)Nc2ccc3[nH]ncc3c2)C(c2ccc(Cl)cc2)CC(=O)N1C. The molecule has 4 rings (SSSR count). The summed E-state index contributed by atoms with van der Waals surface area (Å²) in [5.41, 5.74) is 4.37. The lowest BCUT2D eigenvalue weighted by Crippen LogP contribution is -2.34. The van der Waals surface area contributed by atoms with Crippen LogP contribution >= 0.6 is 11.6 Å². The standard InChI is InChI=1S/C22H21ClN4O2/c1-13-18(10-21(28)25-17-7-8-20-15(9-17)12-24-26-20)19(11-22(29)27(13)2)14-3-5-16(23)6-4-14/h3-9,12,19H,10-11H2,1-2H3,(H,24,26)(H,25,28). The van der Waals surface area contributed by atoms with Gasteiger partial charge in [-0.3, -0.25) is 14.7 Å². The van der Waals surface area contributed by atoms with Crippen LogP contribution in [0.1, 0.15) is 31.2 Å². The van der Waals surface area contributed by atoms with Crippen molar-refractivity contribution < 1.29 is 9.59 Å². The zero-order valence-corrected chi connectivity index (χ0v) is 17.0. The maximum Gasteiger partial charge on any atom is 0.228 e. The summed E-state index contributed by atoms with van der Waals surface area (Å²) in [6.07, 6.45) is 2.26. The van der Waals surface area contributed by atoms with Crippen LogP contribution in [-0.2, 0) is 9.59 Å². The molecule has 1 aliphatic heterocycles. The van der Waals surface area contributed by atoms with E-state index in [1.165, 1.54) is 0 Å². The van der Waals surface area contributed by atoms with Crippen LogP contribution in [0.3, 0.4) is 0 Å². The molecule has 0 spiro atoms. The zero-order chi connectivity index (χ0) is 20.5. The van der Waals surface area contributed by atoms with Gasteiger partial charge in [0.25, 0.3) is 0 Å². The fourth-order valence-electron chi connectivity index (χ4n) is 3.75. The molecule has 1 aromatic heterocycles. The third kappa shape index (κ3) is 3.89.